The van der Waals surface area contributed by atoms with Gasteiger partial charge in [-0.05, 0) is 30.6 Å². The molecule has 1 aromatic carbocycles. The number of primary amides is 1. The summed E-state index contributed by atoms with van der Waals surface area (Å²) in [6.45, 7) is 4.70. The number of carbonyl (C=O) groups excluding carboxylic acids is 2. The Bertz CT molecular complexity index is 1080. The maximum absolute atomic E-state index is 11.9. The lowest BCUT2D eigenvalue weighted by molar-refractivity contribution is -0.125. The molecule has 2 aromatic rings. The number of nitrogens with zero attached hydrogens (tertiary/aromatic N) is 4. The highest BCUT2D eigenvalue weighted by Crippen LogP contribution is 2.22. The van der Waals surface area contributed by atoms with E-state index in [-0.39, 0.29) is 23.2 Å². The van der Waals surface area contributed by atoms with Crippen molar-refractivity contribution < 1.29 is 19.1 Å². The summed E-state index contributed by atoms with van der Waals surface area (Å²) >= 11 is 0. The minimum absolute atomic E-state index is 0.0294. The van der Waals surface area contributed by atoms with Crippen LogP contribution in [0, 0.1) is 11.8 Å². The van der Waals surface area contributed by atoms with E-state index in [0.717, 1.165) is 6.42 Å². The van der Waals surface area contributed by atoms with Crippen LogP contribution in [0.2, 0.25) is 0 Å². The Morgan fingerprint density at radius 3 is 2.53 bits per heavy atom. The van der Waals surface area contributed by atoms with Crippen molar-refractivity contribution in [3.05, 3.63) is 53.9 Å². The van der Waals surface area contributed by atoms with Gasteiger partial charge in [-0.3, -0.25) is 9.59 Å². The average Bonchev–Trinajstić information content (AvgIpc) is 3.31. The summed E-state index contributed by atoms with van der Waals surface area (Å²) in [6.07, 6.45) is 3.45. The van der Waals surface area contributed by atoms with E-state index in [1.807, 2.05) is 11.9 Å². The lowest BCUT2D eigenvalue weighted by atomic mass is 10.1. The quantitative estimate of drug-likeness (QED) is 0.536. The Hall–Kier alpha value is -4.06. The molecule has 1 atom stereocenters. The van der Waals surface area contributed by atoms with Crippen LogP contribution < -0.4 is 20.1 Å². The van der Waals surface area contributed by atoms with Gasteiger partial charge < -0.3 is 25.0 Å². The van der Waals surface area contributed by atoms with Gasteiger partial charge in [-0.2, -0.15) is 0 Å². The number of methoxy groups -OCH3 is 2. The van der Waals surface area contributed by atoms with Crippen molar-refractivity contribution in [2.45, 2.75) is 12.5 Å². The fourth-order valence-corrected chi connectivity index (χ4v) is 3.38. The van der Waals surface area contributed by atoms with Crippen LogP contribution in [0.15, 0.2) is 37.1 Å². The van der Waals surface area contributed by atoms with Crippen LogP contribution in [-0.4, -0.2) is 67.1 Å². The number of likely N-dealkylation sites (tertiary alicyclic amines) is 1. The number of likely N-dealkylation sites (N-methyl/N-ethyl adjacent to an activating group) is 1. The van der Waals surface area contributed by atoms with E-state index < -0.39 is 5.91 Å². The molecular formula is C23H25N5O4. The van der Waals surface area contributed by atoms with E-state index in [2.05, 4.69) is 28.4 Å². The summed E-state index contributed by atoms with van der Waals surface area (Å²) in [5, 5.41) is 0. The Kier molecular flexibility index (Phi) is 6.95. The molecule has 2 N–H and O–H groups in total. The van der Waals surface area contributed by atoms with Crippen molar-refractivity contribution >= 4 is 17.8 Å². The van der Waals surface area contributed by atoms with Crippen molar-refractivity contribution in [1.82, 2.24) is 14.9 Å². The van der Waals surface area contributed by atoms with Crippen LogP contribution in [0.3, 0.4) is 0 Å². The molecule has 32 heavy (non-hydrogen) atoms. The fraction of sp³-hybridized carbons (Fsp3) is 0.304. The summed E-state index contributed by atoms with van der Waals surface area (Å²) in [6, 6.07) is 5.26. The highest BCUT2D eigenvalue weighted by Gasteiger charge is 2.29. The number of hydrogen-bond donors (Lipinski definition) is 1. The zero-order chi connectivity index (χ0) is 23.3. The molecule has 9 nitrogen and oxygen atoms in total. The molecule has 166 valence electrons. The van der Waals surface area contributed by atoms with Crippen LogP contribution in [0.25, 0.3) is 0 Å². The minimum Gasteiger partial charge on any atom is -0.497 e. The van der Waals surface area contributed by atoms with Gasteiger partial charge in [0, 0.05) is 38.0 Å². The van der Waals surface area contributed by atoms with Crippen LogP contribution in [-0.2, 0) is 4.79 Å². The fourth-order valence-electron chi connectivity index (χ4n) is 3.38. The van der Waals surface area contributed by atoms with Crippen molar-refractivity contribution in [1.29, 1.82) is 0 Å². The number of nitrogens with two attached hydrogens (primary N) is 1. The van der Waals surface area contributed by atoms with Crippen LogP contribution in [0.1, 0.15) is 28.0 Å². The Morgan fingerprint density at radius 1 is 1.25 bits per heavy atom. The molecule has 2 amide bonds. The first-order valence-corrected chi connectivity index (χ1v) is 9.92. The van der Waals surface area contributed by atoms with E-state index in [1.165, 1.54) is 12.3 Å². The van der Waals surface area contributed by atoms with Gasteiger partial charge in [-0.15, -0.1) is 0 Å². The van der Waals surface area contributed by atoms with Crippen molar-refractivity contribution in [2.75, 3.05) is 39.3 Å². The standard InChI is InChI=1S/C23H25N5O4/c1-5-21(29)28-9-8-16(14-28)27(2)23-25-13-19(22(24)30)20(26-23)7-6-15-10-17(31-3)12-18(11-15)32-4/h5,10-13,16H,1,8-9,14H2,2-4H3,(H2,24,30). The number of carbonyl (C=O) groups is 2. The molecule has 2 heterocycles. The van der Waals surface area contributed by atoms with Gasteiger partial charge in [0.05, 0.1) is 25.8 Å². The van der Waals surface area contributed by atoms with Gasteiger partial charge >= 0.3 is 0 Å². The summed E-state index contributed by atoms with van der Waals surface area (Å²) in [5.41, 5.74) is 6.46. The second-order valence-corrected chi connectivity index (χ2v) is 7.19. The van der Waals surface area contributed by atoms with Crippen molar-refractivity contribution in [3.63, 3.8) is 0 Å². The monoisotopic (exact) mass is 435 g/mol. The molecule has 1 unspecified atom stereocenters. The number of aromatic nitrogens is 2. The zero-order valence-electron chi connectivity index (χ0n) is 18.3. The molecule has 1 aliphatic rings. The predicted molar refractivity (Wildman–Crippen MR) is 120 cm³/mol. The normalized spacial score (nSPS) is 14.8. The first-order valence-electron chi connectivity index (χ1n) is 9.92. The molecule has 0 radical (unpaired) electrons. The van der Waals surface area contributed by atoms with E-state index in [0.29, 0.717) is 36.1 Å². The van der Waals surface area contributed by atoms with Gasteiger partial charge in [0.15, 0.2) is 0 Å². The maximum Gasteiger partial charge on any atom is 0.253 e. The third-order valence-electron chi connectivity index (χ3n) is 5.23. The van der Waals surface area contributed by atoms with E-state index in [1.54, 1.807) is 37.3 Å². The number of ether oxygens (including phenoxy) is 2. The Balaban J connectivity index is 1.91. The van der Waals surface area contributed by atoms with Crippen molar-refractivity contribution in [3.8, 4) is 23.3 Å². The molecule has 0 bridgehead atoms. The van der Waals surface area contributed by atoms with Gasteiger partial charge in [0.25, 0.3) is 5.91 Å². The Labute approximate surface area is 186 Å². The molecule has 1 aromatic heterocycles. The summed E-state index contributed by atoms with van der Waals surface area (Å²) in [7, 11) is 4.95. The number of amides is 2. The molecule has 0 aliphatic carbocycles. The third-order valence-corrected chi connectivity index (χ3v) is 5.23. The van der Waals surface area contributed by atoms with Gasteiger partial charge in [0.2, 0.25) is 11.9 Å². The SMILES string of the molecule is C=CC(=O)N1CCC(N(C)c2ncc(C(N)=O)c(C#Cc3cc(OC)cc(OC)c3)n2)C1. The van der Waals surface area contributed by atoms with E-state index in [4.69, 9.17) is 15.2 Å². The predicted octanol–water partition coefficient (Wildman–Crippen LogP) is 1.22. The van der Waals surface area contributed by atoms with Crippen LogP contribution in [0.4, 0.5) is 5.95 Å². The molecule has 1 fully saturated rings. The topological polar surface area (TPSA) is 111 Å². The van der Waals surface area contributed by atoms with Gasteiger partial charge in [0.1, 0.15) is 17.2 Å². The lowest BCUT2D eigenvalue weighted by Gasteiger charge is -2.24. The average molecular weight is 435 g/mol. The summed E-state index contributed by atoms with van der Waals surface area (Å²) < 4.78 is 10.5. The van der Waals surface area contributed by atoms with E-state index >= 15 is 0 Å². The number of anilines is 1. The second kappa shape index (κ2) is 9.83. The maximum atomic E-state index is 11.9. The first-order chi connectivity index (χ1) is 15.4. The number of benzene rings is 1. The summed E-state index contributed by atoms with van der Waals surface area (Å²) in [4.78, 5) is 36.1. The highest BCUT2D eigenvalue weighted by atomic mass is 16.5. The molecule has 9 heteroatoms. The molecule has 1 saturated heterocycles. The van der Waals surface area contributed by atoms with Gasteiger partial charge in [-0.25, -0.2) is 9.97 Å². The van der Waals surface area contributed by atoms with Crippen molar-refractivity contribution in [2.24, 2.45) is 5.73 Å². The minimum atomic E-state index is -0.671. The number of rotatable bonds is 6. The molecular weight excluding hydrogens is 410 g/mol. The molecule has 1 aliphatic heterocycles. The van der Waals surface area contributed by atoms with Gasteiger partial charge in [-0.1, -0.05) is 12.5 Å². The molecule has 0 saturated carbocycles. The van der Waals surface area contributed by atoms with Crippen LogP contribution in [0.5, 0.6) is 11.5 Å². The molecule has 3 rings (SSSR count). The summed E-state index contributed by atoms with van der Waals surface area (Å²) in [5.74, 6) is 6.69. The van der Waals surface area contributed by atoms with Crippen LogP contribution >= 0.6 is 0 Å². The lowest BCUT2D eigenvalue weighted by Crippen LogP contribution is -2.37. The second-order valence-electron chi connectivity index (χ2n) is 7.19. The highest BCUT2D eigenvalue weighted by molar-refractivity contribution is 5.94. The third kappa shape index (κ3) is 4.98. The van der Waals surface area contributed by atoms with E-state index in [9.17, 15) is 9.59 Å². The first kappa shape index (κ1) is 22.6. The Morgan fingerprint density at radius 2 is 1.94 bits per heavy atom. The number of hydrogen-bond acceptors (Lipinski definition) is 7. The zero-order valence-corrected chi connectivity index (χ0v) is 18.3. The molecule has 0 spiro atoms. The largest absolute Gasteiger partial charge is 0.497 e. The smallest absolute Gasteiger partial charge is 0.253 e.